The van der Waals surface area contributed by atoms with Gasteiger partial charge in [0, 0.05) is 12.1 Å². The molecular weight excluding hydrogens is 262 g/mol. The normalized spacial score (nSPS) is 10.7. The molecule has 1 amide bonds. The Hall–Kier alpha value is -1.26. The van der Waals surface area contributed by atoms with Crippen LogP contribution in [0.25, 0.3) is 0 Å². The number of halogens is 1. The van der Waals surface area contributed by atoms with Gasteiger partial charge in [-0.3, -0.25) is 4.79 Å². The van der Waals surface area contributed by atoms with Crippen LogP contribution in [0.5, 0.6) is 0 Å². The van der Waals surface area contributed by atoms with Crippen LogP contribution in [0.2, 0.25) is 5.02 Å². The average Bonchev–Trinajstić information content (AvgIpc) is 2.34. The SMILES string of the molecule is CCCN(C)CCCC(=O)Nc1ccc(Cl)c(N)c1. The van der Waals surface area contributed by atoms with Crippen molar-refractivity contribution in [3.8, 4) is 0 Å². The lowest BCUT2D eigenvalue weighted by Gasteiger charge is -2.14. The summed E-state index contributed by atoms with van der Waals surface area (Å²) < 4.78 is 0. The standard InChI is InChI=1S/C14H22ClN3O/c1-3-8-18(2)9-4-5-14(19)17-11-6-7-12(15)13(16)10-11/h6-7,10H,3-5,8-9,16H2,1-2H3,(H,17,19). The van der Waals surface area contributed by atoms with E-state index in [9.17, 15) is 4.79 Å². The second-order valence-electron chi connectivity index (χ2n) is 4.69. The summed E-state index contributed by atoms with van der Waals surface area (Å²) in [5, 5.41) is 3.32. The van der Waals surface area contributed by atoms with E-state index in [-0.39, 0.29) is 5.91 Å². The Morgan fingerprint density at radius 3 is 2.79 bits per heavy atom. The molecule has 1 rings (SSSR count). The van der Waals surface area contributed by atoms with Crippen molar-refractivity contribution >= 4 is 28.9 Å². The summed E-state index contributed by atoms with van der Waals surface area (Å²) in [5.74, 6) is 0.00613. The van der Waals surface area contributed by atoms with Crippen LogP contribution in [-0.2, 0) is 4.79 Å². The van der Waals surface area contributed by atoms with Crippen molar-refractivity contribution in [3.05, 3.63) is 23.2 Å². The lowest BCUT2D eigenvalue weighted by molar-refractivity contribution is -0.116. The van der Waals surface area contributed by atoms with Gasteiger partial charge in [0.05, 0.1) is 10.7 Å². The van der Waals surface area contributed by atoms with Crippen molar-refractivity contribution in [2.45, 2.75) is 26.2 Å². The highest BCUT2D eigenvalue weighted by atomic mass is 35.5. The zero-order valence-corrected chi connectivity index (χ0v) is 12.3. The number of benzene rings is 1. The van der Waals surface area contributed by atoms with Gasteiger partial charge >= 0.3 is 0 Å². The lowest BCUT2D eigenvalue weighted by Crippen LogP contribution is -2.22. The molecule has 0 aliphatic rings. The van der Waals surface area contributed by atoms with Gasteiger partial charge in [-0.25, -0.2) is 0 Å². The Balaban J connectivity index is 2.33. The zero-order valence-electron chi connectivity index (χ0n) is 11.6. The van der Waals surface area contributed by atoms with Crippen LogP contribution in [0.4, 0.5) is 11.4 Å². The molecule has 5 heteroatoms. The summed E-state index contributed by atoms with van der Waals surface area (Å²) in [6.45, 7) is 4.15. The van der Waals surface area contributed by atoms with Gasteiger partial charge in [-0.1, -0.05) is 18.5 Å². The predicted molar refractivity (Wildman–Crippen MR) is 81.5 cm³/mol. The van der Waals surface area contributed by atoms with Gasteiger partial charge in [0.1, 0.15) is 0 Å². The molecule has 0 heterocycles. The van der Waals surface area contributed by atoms with Gasteiger partial charge in [0.2, 0.25) is 5.91 Å². The Bertz CT molecular complexity index is 423. The molecule has 0 aliphatic carbocycles. The second-order valence-corrected chi connectivity index (χ2v) is 5.10. The van der Waals surface area contributed by atoms with Crippen molar-refractivity contribution in [1.82, 2.24) is 4.90 Å². The van der Waals surface area contributed by atoms with Gasteiger partial charge in [-0.2, -0.15) is 0 Å². The minimum Gasteiger partial charge on any atom is -0.397 e. The number of nitrogens with two attached hydrogens (primary N) is 1. The summed E-state index contributed by atoms with van der Waals surface area (Å²) in [5.41, 5.74) is 6.84. The Kier molecular flexibility index (Phi) is 6.67. The maximum Gasteiger partial charge on any atom is 0.224 e. The number of amides is 1. The number of anilines is 2. The van der Waals surface area contributed by atoms with Crippen molar-refractivity contribution in [3.63, 3.8) is 0 Å². The molecule has 3 N–H and O–H groups in total. The fourth-order valence-electron chi connectivity index (χ4n) is 1.85. The first kappa shape index (κ1) is 15.8. The van der Waals surface area contributed by atoms with E-state index < -0.39 is 0 Å². The van der Waals surface area contributed by atoms with Gasteiger partial charge < -0.3 is 16.0 Å². The lowest BCUT2D eigenvalue weighted by atomic mass is 10.2. The average molecular weight is 284 g/mol. The molecule has 0 unspecified atom stereocenters. The molecule has 0 radical (unpaired) electrons. The monoisotopic (exact) mass is 283 g/mol. The Labute approximate surface area is 119 Å². The molecule has 0 atom stereocenters. The first-order chi connectivity index (χ1) is 9.02. The fraction of sp³-hybridized carbons (Fsp3) is 0.500. The summed E-state index contributed by atoms with van der Waals surface area (Å²) in [7, 11) is 2.07. The molecular formula is C14H22ClN3O. The van der Waals surface area contributed by atoms with Crippen molar-refractivity contribution < 1.29 is 4.79 Å². The number of nitrogens with one attached hydrogen (secondary N) is 1. The number of carbonyl (C=O) groups excluding carboxylic acids is 1. The van der Waals surface area contributed by atoms with Crippen LogP contribution < -0.4 is 11.1 Å². The number of hydrogen-bond acceptors (Lipinski definition) is 3. The molecule has 106 valence electrons. The molecule has 4 nitrogen and oxygen atoms in total. The molecule has 0 bridgehead atoms. The molecule has 0 saturated carbocycles. The Morgan fingerprint density at radius 2 is 2.16 bits per heavy atom. The molecule has 1 aromatic carbocycles. The first-order valence-electron chi connectivity index (χ1n) is 6.56. The summed E-state index contributed by atoms with van der Waals surface area (Å²) in [6, 6.07) is 5.10. The van der Waals surface area contributed by atoms with Gasteiger partial charge in [0.25, 0.3) is 0 Å². The minimum absolute atomic E-state index is 0.00613. The number of hydrogen-bond donors (Lipinski definition) is 2. The third-order valence-corrected chi connectivity index (χ3v) is 3.17. The van der Waals surface area contributed by atoms with E-state index in [4.69, 9.17) is 17.3 Å². The van der Waals surface area contributed by atoms with Gasteiger partial charge in [-0.15, -0.1) is 0 Å². The summed E-state index contributed by atoms with van der Waals surface area (Å²) in [6.07, 6.45) is 2.49. The van der Waals surface area contributed by atoms with Crippen LogP contribution in [0.1, 0.15) is 26.2 Å². The third-order valence-electron chi connectivity index (χ3n) is 2.83. The van der Waals surface area contributed by atoms with E-state index in [1.54, 1.807) is 18.2 Å². The maximum absolute atomic E-state index is 11.7. The van der Waals surface area contributed by atoms with Crippen LogP contribution >= 0.6 is 11.6 Å². The fourth-order valence-corrected chi connectivity index (χ4v) is 1.97. The third kappa shape index (κ3) is 5.94. The number of nitrogens with zero attached hydrogens (tertiary/aromatic N) is 1. The van der Waals surface area contributed by atoms with Crippen LogP contribution in [0.3, 0.4) is 0 Å². The van der Waals surface area contributed by atoms with E-state index in [0.717, 1.165) is 25.9 Å². The quantitative estimate of drug-likeness (QED) is 0.757. The maximum atomic E-state index is 11.7. The topological polar surface area (TPSA) is 58.4 Å². The van der Waals surface area contributed by atoms with Gasteiger partial charge in [0.15, 0.2) is 0 Å². The van der Waals surface area contributed by atoms with E-state index in [0.29, 0.717) is 22.8 Å². The highest BCUT2D eigenvalue weighted by Crippen LogP contribution is 2.22. The number of carbonyl (C=O) groups is 1. The predicted octanol–water partition coefficient (Wildman–Crippen LogP) is 2.98. The Morgan fingerprint density at radius 1 is 1.42 bits per heavy atom. The molecule has 0 saturated heterocycles. The number of rotatable bonds is 7. The smallest absolute Gasteiger partial charge is 0.224 e. The summed E-state index contributed by atoms with van der Waals surface area (Å²) in [4.78, 5) is 14.0. The van der Waals surface area contributed by atoms with Crippen molar-refractivity contribution in [1.29, 1.82) is 0 Å². The van der Waals surface area contributed by atoms with Crippen molar-refractivity contribution in [2.24, 2.45) is 0 Å². The van der Waals surface area contributed by atoms with E-state index >= 15 is 0 Å². The first-order valence-corrected chi connectivity index (χ1v) is 6.94. The van der Waals surface area contributed by atoms with Crippen LogP contribution in [0.15, 0.2) is 18.2 Å². The second kappa shape index (κ2) is 8.02. The minimum atomic E-state index is 0.00613. The highest BCUT2D eigenvalue weighted by Gasteiger charge is 2.05. The molecule has 1 aromatic rings. The number of nitrogen functional groups attached to an aromatic ring is 1. The summed E-state index contributed by atoms with van der Waals surface area (Å²) >= 11 is 5.82. The molecule has 0 fully saturated rings. The molecule has 0 aliphatic heterocycles. The zero-order chi connectivity index (χ0) is 14.3. The highest BCUT2D eigenvalue weighted by molar-refractivity contribution is 6.33. The molecule has 19 heavy (non-hydrogen) atoms. The van der Waals surface area contributed by atoms with Crippen LogP contribution in [-0.4, -0.2) is 30.9 Å². The largest absolute Gasteiger partial charge is 0.397 e. The molecule has 0 spiro atoms. The van der Waals surface area contributed by atoms with Crippen molar-refractivity contribution in [2.75, 3.05) is 31.2 Å². The van der Waals surface area contributed by atoms with E-state index in [2.05, 4.69) is 24.2 Å². The van der Waals surface area contributed by atoms with E-state index in [1.807, 2.05) is 0 Å². The van der Waals surface area contributed by atoms with Crippen LogP contribution in [0, 0.1) is 0 Å². The molecule has 0 aromatic heterocycles. The van der Waals surface area contributed by atoms with Gasteiger partial charge in [-0.05, 0) is 51.2 Å². The van der Waals surface area contributed by atoms with E-state index in [1.165, 1.54) is 0 Å².